The average Bonchev–Trinajstić information content (AvgIpc) is 2.96. The maximum Gasteiger partial charge on any atom is 0.298 e. The van der Waals surface area contributed by atoms with E-state index in [0.717, 1.165) is 0 Å². The first-order valence-electron chi connectivity index (χ1n) is 14.4. The van der Waals surface area contributed by atoms with Gasteiger partial charge in [-0.2, -0.15) is 8.78 Å². The van der Waals surface area contributed by atoms with E-state index < -0.39 is 41.3 Å². The summed E-state index contributed by atoms with van der Waals surface area (Å²) < 4.78 is 70.8. The molecule has 0 atom stereocenters. The third-order valence-corrected chi connectivity index (χ3v) is 5.40. The molecule has 0 saturated heterocycles. The standard InChI is InChI=1S/C16H34.C7HF5O2.C5H12O.C2H6.CH2O/c1-3-5-7-9-11-13-15-16-14-12-10-8-6-4-2;8-2-3(9)5(11)7(14-1-13)6(12)4(2)10;1-5(2,3)6-4;2*1-2/h3-16H2,1-2H3;1H;1-4H3;1-2H3;1H2. The van der Waals surface area contributed by atoms with Crippen LogP contribution in [0.5, 0.6) is 5.75 Å². The number of ether oxygens (including phenoxy) is 2. The van der Waals surface area contributed by atoms with Gasteiger partial charge in [0.25, 0.3) is 6.47 Å². The van der Waals surface area contributed by atoms with Gasteiger partial charge in [0.2, 0.25) is 34.8 Å². The van der Waals surface area contributed by atoms with E-state index >= 15 is 0 Å². The molecule has 0 aliphatic heterocycles. The Morgan fingerprint density at radius 1 is 0.600 bits per heavy atom. The molecule has 40 heavy (non-hydrogen) atoms. The van der Waals surface area contributed by atoms with Crippen molar-refractivity contribution >= 4 is 13.3 Å². The molecule has 0 bridgehead atoms. The van der Waals surface area contributed by atoms with Crippen LogP contribution in [0.15, 0.2) is 0 Å². The molecular formula is C31H55F5O4. The Bertz CT molecular complexity index is 667. The van der Waals surface area contributed by atoms with Gasteiger partial charge in [-0.1, -0.05) is 118 Å². The zero-order valence-corrected chi connectivity index (χ0v) is 26.2. The molecule has 0 N–H and O–H groups in total. The third-order valence-electron chi connectivity index (χ3n) is 5.40. The van der Waals surface area contributed by atoms with E-state index in [1.165, 1.54) is 89.9 Å². The summed E-state index contributed by atoms with van der Waals surface area (Å²) in [5.41, 5.74) is 0.0417. The van der Waals surface area contributed by atoms with Crippen LogP contribution in [0.25, 0.3) is 0 Å². The van der Waals surface area contributed by atoms with Crippen molar-refractivity contribution in [2.24, 2.45) is 0 Å². The average molecular weight is 587 g/mol. The number of halogens is 5. The molecule has 1 aromatic carbocycles. The Morgan fingerprint density at radius 3 is 1.02 bits per heavy atom. The quantitative estimate of drug-likeness (QED) is 0.0674. The summed E-state index contributed by atoms with van der Waals surface area (Å²) in [5, 5.41) is 0. The van der Waals surface area contributed by atoms with Gasteiger partial charge in [-0.3, -0.25) is 4.79 Å². The number of unbranched alkanes of at least 4 members (excludes halogenated alkanes) is 13. The summed E-state index contributed by atoms with van der Waals surface area (Å²) in [7, 11) is 1.71. The zero-order valence-electron chi connectivity index (χ0n) is 26.2. The molecular weight excluding hydrogens is 531 g/mol. The van der Waals surface area contributed by atoms with Gasteiger partial charge in [-0.05, 0) is 20.8 Å². The summed E-state index contributed by atoms with van der Waals surface area (Å²) in [6.45, 7) is 16.2. The Hall–Kier alpha value is -2.03. The smallest absolute Gasteiger partial charge is 0.298 e. The van der Waals surface area contributed by atoms with E-state index in [9.17, 15) is 26.7 Å². The second-order valence-electron chi connectivity index (χ2n) is 9.67. The van der Waals surface area contributed by atoms with E-state index in [4.69, 9.17) is 9.53 Å². The molecule has 0 unspecified atom stereocenters. The van der Waals surface area contributed by atoms with Crippen LogP contribution in [0.3, 0.4) is 0 Å². The normalized spacial score (nSPS) is 9.93. The SMILES string of the molecule is C=O.CC.CCCCCCCCCCCCCCCC.COC(C)(C)C.O=COc1c(F)c(F)c(F)c(F)c1F. The fourth-order valence-electron chi connectivity index (χ4n) is 3.00. The van der Waals surface area contributed by atoms with Crippen molar-refractivity contribution in [2.75, 3.05) is 7.11 Å². The van der Waals surface area contributed by atoms with Crippen molar-refractivity contribution in [1.29, 1.82) is 0 Å². The summed E-state index contributed by atoms with van der Waals surface area (Å²) in [5.74, 6) is -12.6. The fourth-order valence-corrected chi connectivity index (χ4v) is 3.00. The fraction of sp³-hybridized carbons (Fsp3) is 0.742. The second kappa shape index (κ2) is 31.5. The van der Waals surface area contributed by atoms with Crippen molar-refractivity contribution in [3.63, 3.8) is 0 Å². The molecule has 0 aliphatic carbocycles. The van der Waals surface area contributed by atoms with Gasteiger partial charge in [0.15, 0.2) is 0 Å². The van der Waals surface area contributed by atoms with Crippen LogP contribution in [-0.4, -0.2) is 26.0 Å². The lowest BCUT2D eigenvalue weighted by Crippen LogP contribution is -2.15. The van der Waals surface area contributed by atoms with Crippen LogP contribution < -0.4 is 4.74 Å². The number of carbonyl (C=O) groups is 2. The second-order valence-corrected chi connectivity index (χ2v) is 9.67. The Balaban J connectivity index is -0.000000245. The Labute approximate surface area is 240 Å². The van der Waals surface area contributed by atoms with Crippen LogP contribution in [0.2, 0.25) is 0 Å². The molecule has 0 spiro atoms. The highest BCUT2D eigenvalue weighted by Crippen LogP contribution is 2.28. The molecule has 238 valence electrons. The maximum absolute atomic E-state index is 12.6. The van der Waals surface area contributed by atoms with Crippen molar-refractivity contribution in [2.45, 2.75) is 144 Å². The van der Waals surface area contributed by atoms with Gasteiger partial charge in [-0.25, -0.2) is 13.2 Å². The monoisotopic (exact) mass is 586 g/mol. The molecule has 1 aromatic rings. The van der Waals surface area contributed by atoms with Crippen LogP contribution >= 0.6 is 0 Å². The van der Waals surface area contributed by atoms with E-state index in [1.807, 2.05) is 41.4 Å². The van der Waals surface area contributed by atoms with Crippen molar-refractivity contribution in [3.8, 4) is 5.75 Å². The molecule has 0 fully saturated rings. The van der Waals surface area contributed by atoms with Crippen LogP contribution in [0.1, 0.15) is 138 Å². The predicted octanol–water partition coefficient (Wildman–Crippen LogP) is 10.7. The number of rotatable bonds is 15. The molecule has 0 radical (unpaired) electrons. The van der Waals surface area contributed by atoms with Gasteiger partial charge in [0.1, 0.15) is 6.79 Å². The highest BCUT2D eigenvalue weighted by atomic mass is 19.2. The van der Waals surface area contributed by atoms with Gasteiger partial charge < -0.3 is 14.3 Å². The highest BCUT2D eigenvalue weighted by Gasteiger charge is 2.26. The van der Waals surface area contributed by atoms with Gasteiger partial charge >= 0.3 is 0 Å². The molecule has 1 rings (SSSR count). The first-order valence-corrected chi connectivity index (χ1v) is 14.4. The van der Waals surface area contributed by atoms with Crippen LogP contribution in [-0.2, 0) is 14.3 Å². The predicted molar refractivity (Wildman–Crippen MR) is 154 cm³/mol. The number of methoxy groups -OCH3 is 1. The molecule has 0 aliphatic rings. The molecule has 9 heteroatoms. The lowest BCUT2D eigenvalue weighted by molar-refractivity contribution is -0.121. The lowest BCUT2D eigenvalue weighted by atomic mass is 10.0. The largest absolute Gasteiger partial charge is 0.422 e. The van der Waals surface area contributed by atoms with Gasteiger partial charge in [-0.15, -0.1) is 0 Å². The van der Waals surface area contributed by atoms with Crippen molar-refractivity contribution < 1.29 is 41.0 Å². The molecule has 0 aromatic heterocycles. The molecule has 0 amide bonds. The number of carbonyl (C=O) groups excluding carboxylic acids is 2. The van der Waals surface area contributed by atoms with Crippen molar-refractivity contribution in [3.05, 3.63) is 29.1 Å². The minimum atomic E-state index is -2.31. The molecule has 4 nitrogen and oxygen atoms in total. The van der Waals surface area contributed by atoms with E-state index in [1.54, 1.807) is 7.11 Å². The van der Waals surface area contributed by atoms with Crippen LogP contribution in [0, 0.1) is 29.1 Å². The summed E-state index contributed by atoms with van der Waals surface area (Å²) in [6, 6.07) is 0. The topological polar surface area (TPSA) is 52.6 Å². The highest BCUT2D eigenvalue weighted by molar-refractivity contribution is 5.46. The minimum absolute atomic E-state index is 0.0417. The minimum Gasteiger partial charge on any atom is -0.422 e. The number of hydrogen-bond acceptors (Lipinski definition) is 4. The van der Waals surface area contributed by atoms with Gasteiger partial charge in [0, 0.05) is 7.11 Å². The van der Waals surface area contributed by atoms with Crippen LogP contribution in [0.4, 0.5) is 22.0 Å². The Morgan fingerprint density at radius 2 is 0.825 bits per heavy atom. The Kier molecular flexibility index (Phi) is 35.4. The first kappa shape index (κ1) is 45.0. The molecule has 0 heterocycles. The lowest BCUT2D eigenvalue weighted by Gasteiger charge is -2.14. The summed E-state index contributed by atoms with van der Waals surface area (Å²) in [6.07, 6.45) is 20.4. The van der Waals surface area contributed by atoms with E-state index in [2.05, 4.69) is 18.6 Å². The van der Waals surface area contributed by atoms with E-state index in [0.29, 0.717) is 0 Å². The molecule has 0 saturated carbocycles. The summed E-state index contributed by atoms with van der Waals surface area (Å²) in [4.78, 5) is 17.7. The summed E-state index contributed by atoms with van der Waals surface area (Å²) >= 11 is 0. The van der Waals surface area contributed by atoms with Crippen molar-refractivity contribution in [1.82, 2.24) is 0 Å². The maximum atomic E-state index is 12.6. The number of benzene rings is 1. The zero-order chi connectivity index (χ0) is 32.0. The van der Waals surface area contributed by atoms with Gasteiger partial charge in [0.05, 0.1) is 5.60 Å². The first-order chi connectivity index (χ1) is 19.0. The number of hydrogen-bond donors (Lipinski definition) is 0. The van der Waals surface area contributed by atoms with E-state index in [-0.39, 0.29) is 5.60 Å². The third kappa shape index (κ3) is 26.2.